The van der Waals surface area contributed by atoms with Crippen molar-refractivity contribution in [3.8, 4) is 0 Å². The Morgan fingerprint density at radius 3 is 2.71 bits per heavy atom. The lowest BCUT2D eigenvalue weighted by molar-refractivity contribution is 0.613. The highest BCUT2D eigenvalue weighted by molar-refractivity contribution is 7.16. The Morgan fingerprint density at radius 2 is 1.95 bits per heavy atom. The van der Waals surface area contributed by atoms with Gasteiger partial charge in [0.2, 0.25) is 0 Å². The van der Waals surface area contributed by atoms with Crippen molar-refractivity contribution in [2.75, 3.05) is 6.54 Å². The third kappa shape index (κ3) is 3.55. The molecule has 0 aliphatic heterocycles. The molecule has 0 fully saturated rings. The number of thiophene rings is 1. The Morgan fingerprint density at radius 1 is 1.10 bits per heavy atom. The molecule has 110 valence electrons. The first-order valence-corrected chi connectivity index (χ1v) is 8.47. The summed E-state index contributed by atoms with van der Waals surface area (Å²) in [5, 5.41) is 5.80. The molecule has 0 bridgehead atoms. The summed E-state index contributed by atoms with van der Waals surface area (Å²) in [7, 11) is 0. The largest absolute Gasteiger partial charge is 0.346 e. The molecule has 2 heterocycles. The summed E-state index contributed by atoms with van der Waals surface area (Å²) in [5.74, 6) is 0. The van der Waals surface area contributed by atoms with Crippen LogP contribution in [0.3, 0.4) is 0 Å². The number of halogens is 3. The van der Waals surface area contributed by atoms with Gasteiger partial charge in [0.15, 0.2) is 0 Å². The van der Waals surface area contributed by atoms with E-state index in [0.717, 1.165) is 34.9 Å². The van der Waals surface area contributed by atoms with Gasteiger partial charge in [-0.1, -0.05) is 34.8 Å². The van der Waals surface area contributed by atoms with Gasteiger partial charge in [0.1, 0.15) is 0 Å². The smallest absolute Gasteiger partial charge is 0.0931 e. The maximum atomic E-state index is 6.19. The van der Waals surface area contributed by atoms with Crippen LogP contribution in [0.2, 0.25) is 14.4 Å². The van der Waals surface area contributed by atoms with E-state index in [2.05, 4.69) is 9.88 Å². The Kier molecular flexibility index (Phi) is 4.77. The number of nitrogens with one attached hydrogen (secondary N) is 1. The van der Waals surface area contributed by atoms with Gasteiger partial charge in [0.05, 0.1) is 14.9 Å². The first kappa shape index (κ1) is 15.2. The van der Waals surface area contributed by atoms with E-state index in [0.29, 0.717) is 10.0 Å². The fraction of sp³-hybridized carbons (Fsp3) is 0.200. The van der Waals surface area contributed by atoms with E-state index in [1.54, 1.807) is 17.4 Å². The molecule has 3 rings (SSSR count). The lowest BCUT2D eigenvalue weighted by Gasteiger charge is -2.07. The average molecular weight is 360 g/mol. The number of rotatable bonds is 5. The molecular weight excluding hydrogens is 347 g/mol. The molecule has 0 radical (unpaired) electrons. The van der Waals surface area contributed by atoms with Gasteiger partial charge in [-0.15, -0.1) is 11.3 Å². The third-order valence-corrected chi connectivity index (χ3v) is 5.02. The minimum Gasteiger partial charge on any atom is -0.346 e. The van der Waals surface area contributed by atoms with Crippen molar-refractivity contribution >= 4 is 57.0 Å². The SMILES string of the molecule is Clc1cc(Cl)c2ccn(CCNCc3ccc(Cl)s3)c2c1. The highest BCUT2D eigenvalue weighted by atomic mass is 35.5. The molecule has 0 unspecified atom stereocenters. The summed E-state index contributed by atoms with van der Waals surface area (Å²) >= 11 is 19.8. The summed E-state index contributed by atoms with van der Waals surface area (Å²) in [5.41, 5.74) is 1.06. The van der Waals surface area contributed by atoms with Crippen LogP contribution >= 0.6 is 46.1 Å². The zero-order chi connectivity index (χ0) is 14.8. The van der Waals surface area contributed by atoms with Crippen molar-refractivity contribution in [2.24, 2.45) is 0 Å². The second kappa shape index (κ2) is 6.59. The second-order valence-corrected chi connectivity index (χ2v) is 7.36. The number of nitrogens with zero attached hydrogens (tertiary/aromatic N) is 1. The van der Waals surface area contributed by atoms with Crippen LogP contribution in [0.4, 0.5) is 0 Å². The minimum absolute atomic E-state index is 0.661. The highest BCUT2D eigenvalue weighted by Gasteiger charge is 2.06. The first-order valence-electron chi connectivity index (χ1n) is 6.52. The summed E-state index contributed by atoms with van der Waals surface area (Å²) < 4.78 is 2.98. The summed E-state index contributed by atoms with van der Waals surface area (Å²) in [6.45, 7) is 2.56. The number of hydrogen-bond acceptors (Lipinski definition) is 2. The van der Waals surface area contributed by atoms with Crippen LogP contribution in [0.5, 0.6) is 0 Å². The lowest BCUT2D eigenvalue weighted by atomic mass is 10.2. The van der Waals surface area contributed by atoms with Gasteiger partial charge in [-0.3, -0.25) is 0 Å². The van der Waals surface area contributed by atoms with Crippen molar-refractivity contribution in [2.45, 2.75) is 13.1 Å². The van der Waals surface area contributed by atoms with Crippen LogP contribution in [0, 0.1) is 0 Å². The van der Waals surface area contributed by atoms with Crippen LogP contribution in [0.15, 0.2) is 36.5 Å². The molecule has 0 atom stereocenters. The van der Waals surface area contributed by atoms with Crippen LogP contribution in [-0.2, 0) is 13.1 Å². The predicted molar refractivity (Wildman–Crippen MR) is 93.0 cm³/mol. The van der Waals surface area contributed by atoms with E-state index in [-0.39, 0.29) is 0 Å². The number of benzene rings is 1. The molecule has 6 heteroatoms. The molecular formula is C15H13Cl3N2S. The molecule has 0 aliphatic carbocycles. The first-order chi connectivity index (χ1) is 10.1. The molecule has 0 saturated carbocycles. The highest BCUT2D eigenvalue weighted by Crippen LogP contribution is 2.28. The van der Waals surface area contributed by atoms with Gasteiger partial charge >= 0.3 is 0 Å². The summed E-state index contributed by atoms with van der Waals surface area (Å²) in [6, 6.07) is 9.71. The van der Waals surface area contributed by atoms with E-state index < -0.39 is 0 Å². The topological polar surface area (TPSA) is 17.0 Å². The van der Waals surface area contributed by atoms with E-state index in [1.165, 1.54) is 4.88 Å². The molecule has 3 aromatic rings. The fourth-order valence-electron chi connectivity index (χ4n) is 2.27. The zero-order valence-corrected chi connectivity index (χ0v) is 14.2. The van der Waals surface area contributed by atoms with Crippen molar-refractivity contribution in [1.82, 2.24) is 9.88 Å². The van der Waals surface area contributed by atoms with Crippen LogP contribution in [0.25, 0.3) is 10.9 Å². The van der Waals surface area contributed by atoms with Gasteiger partial charge in [0, 0.05) is 41.1 Å². The second-order valence-electron chi connectivity index (χ2n) is 4.71. The van der Waals surface area contributed by atoms with Crippen LogP contribution < -0.4 is 5.32 Å². The average Bonchev–Trinajstić information content (AvgIpc) is 3.02. The van der Waals surface area contributed by atoms with E-state index in [9.17, 15) is 0 Å². The van der Waals surface area contributed by atoms with Gasteiger partial charge in [0.25, 0.3) is 0 Å². The Bertz CT molecular complexity index is 763. The van der Waals surface area contributed by atoms with Gasteiger partial charge in [-0.25, -0.2) is 0 Å². The maximum Gasteiger partial charge on any atom is 0.0931 e. The van der Waals surface area contributed by atoms with E-state index in [4.69, 9.17) is 34.8 Å². The molecule has 0 aliphatic rings. The molecule has 2 aromatic heterocycles. The Labute approximate surface area is 142 Å². The predicted octanol–water partition coefficient (Wildman–Crippen LogP) is 5.45. The Balaban J connectivity index is 1.63. The molecule has 0 saturated heterocycles. The molecule has 2 nitrogen and oxygen atoms in total. The van der Waals surface area contributed by atoms with Crippen LogP contribution in [-0.4, -0.2) is 11.1 Å². The number of fused-ring (bicyclic) bond motifs is 1. The van der Waals surface area contributed by atoms with Crippen LogP contribution in [0.1, 0.15) is 4.88 Å². The zero-order valence-electron chi connectivity index (χ0n) is 11.1. The van der Waals surface area contributed by atoms with Gasteiger partial charge in [-0.05, 0) is 30.3 Å². The van der Waals surface area contributed by atoms with E-state index >= 15 is 0 Å². The van der Waals surface area contributed by atoms with Crippen molar-refractivity contribution in [3.63, 3.8) is 0 Å². The summed E-state index contributed by atoms with van der Waals surface area (Å²) in [4.78, 5) is 1.24. The molecule has 1 N–H and O–H groups in total. The standard InChI is InChI=1S/C15H13Cl3N2S/c16-10-7-13(17)12-3-5-20(14(12)8-10)6-4-19-9-11-1-2-15(18)21-11/h1-3,5,7-8,19H,4,6,9H2. The number of hydrogen-bond donors (Lipinski definition) is 1. The summed E-state index contributed by atoms with van der Waals surface area (Å²) in [6.07, 6.45) is 2.04. The van der Waals surface area contributed by atoms with Gasteiger partial charge < -0.3 is 9.88 Å². The quantitative estimate of drug-likeness (QED) is 0.599. The maximum absolute atomic E-state index is 6.19. The van der Waals surface area contributed by atoms with E-state index in [1.807, 2.05) is 30.5 Å². The number of aromatic nitrogens is 1. The van der Waals surface area contributed by atoms with Crippen molar-refractivity contribution < 1.29 is 0 Å². The molecule has 0 spiro atoms. The molecule has 0 amide bonds. The normalized spacial score (nSPS) is 11.4. The third-order valence-electron chi connectivity index (χ3n) is 3.26. The van der Waals surface area contributed by atoms with Gasteiger partial charge in [-0.2, -0.15) is 0 Å². The minimum atomic E-state index is 0.661. The lowest BCUT2D eigenvalue weighted by Crippen LogP contribution is -2.18. The monoisotopic (exact) mass is 358 g/mol. The fourth-order valence-corrected chi connectivity index (χ4v) is 3.87. The van der Waals surface area contributed by atoms with Crippen molar-refractivity contribution in [3.05, 3.63) is 55.8 Å². The van der Waals surface area contributed by atoms with Crippen molar-refractivity contribution in [1.29, 1.82) is 0 Å². The molecule has 21 heavy (non-hydrogen) atoms. The Hall–Kier alpha value is -0.710. The molecule has 1 aromatic carbocycles.